The number of nitrogens with zero attached hydrogens (tertiary/aromatic N) is 4. The summed E-state index contributed by atoms with van der Waals surface area (Å²) >= 11 is 0. The number of para-hydroxylation sites is 1. The summed E-state index contributed by atoms with van der Waals surface area (Å²) < 4.78 is 1.62. The Bertz CT molecular complexity index is 1190. The molecule has 3 heterocycles. The van der Waals surface area contributed by atoms with Gasteiger partial charge in [0.05, 0.1) is 17.8 Å². The molecular weight excluding hydrogens is 402 g/mol. The molecule has 166 valence electrons. The first kappa shape index (κ1) is 20.8. The van der Waals surface area contributed by atoms with Crippen molar-refractivity contribution in [3.63, 3.8) is 0 Å². The number of rotatable bonds is 6. The molecule has 1 atom stereocenters. The number of aryl methyl sites for hydroxylation is 2. The second-order valence-electron chi connectivity index (χ2n) is 8.82. The van der Waals surface area contributed by atoms with E-state index in [0.29, 0.717) is 18.8 Å². The maximum absolute atomic E-state index is 12.7. The predicted octanol–water partition coefficient (Wildman–Crippen LogP) is 2.56. The average Bonchev–Trinajstić information content (AvgIpc) is 3.28. The number of carbonyl (C=O) groups is 1. The normalized spacial score (nSPS) is 18.6. The second kappa shape index (κ2) is 9.20. The van der Waals surface area contributed by atoms with E-state index in [1.807, 2.05) is 30.3 Å². The highest BCUT2D eigenvalue weighted by atomic mass is 16.2. The molecule has 32 heavy (non-hydrogen) atoms. The summed E-state index contributed by atoms with van der Waals surface area (Å²) in [4.78, 5) is 32.0. The van der Waals surface area contributed by atoms with Crippen LogP contribution in [0.25, 0.3) is 10.9 Å². The average molecular weight is 432 g/mol. The number of nitrogens with one attached hydrogen (secondary N) is 1. The van der Waals surface area contributed by atoms with Gasteiger partial charge in [-0.1, -0.05) is 30.7 Å². The van der Waals surface area contributed by atoms with Crippen molar-refractivity contribution in [1.82, 2.24) is 25.0 Å². The van der Waals surface area contributed by atoms with Crippen molar-refractivity contribution >= 4 is 16.8 Å². The Morgan fingerprint density at radius 2 is 1.97 bits per heavy atom. The number of hydrogen-bond acceptors (Lipinski definition) is 5. The van der Waals surface area contributed by atoms with Crippen LogP contribution >= 0.6 is 0 Å². The van der Waals surface area contributed by atoms with Gasteiger partial charge in [-0.05, 0) is 56.3 Å². The van der Waals surface area contributed by atoms with Crippen LogP contribution in [0.15, 0.2) is 47.3 Å². The maximum Gasteiger partial charge on any atom is 0.269 e. The van der Waals surface area contributed by atoms with Gasteiger partial charge in [0.2, 0.25) is 0 Å². The molecule has 1 aliphatic heterocycles. The third-order valence-corrected chi connectivity index (χ3v) is 6.70. The molecule has 7 heteroatoms. The summed E-state index contributed by atoms with van der Waals surface area (Å²) in [7, 11) is 0. The van der Waals surface area contributed by atoms with Gasteiger partial charge in [0.15, 0.2) is 0 Å². The number of likely N-dealkylation sites (tertiary alicyclic amines) is 1. The van der Waals surface area contributed by atoms with Crippen LogP contribution in [0.1, 0.15) is 47.4 Å². The van der Waals surface area contributed by atoms with Crippen molar-refractivity contribution in [2.24, 2.45) is 0 Å². The summed E-state index contributed by atoms with van der Waals surface area (Å²) in [5.41, 5.74) is 3.46. The zero-order chi connectivity index (χ0) is 21.9. The van der Waals surface area contributed by atoms with E-state index in [-0.39, 0.29) is 17.5 Å². The minimum absolute atomic E-state index is 0.00473. The summed E-state index contributed by atoms with van der Waals surface area (Å²) in [6.45, 7) is 2.91. The predicted molar refractivity (Wildman–Crippen MR) is 124 cm³/mol. The van der Waals surface area contributed by atoms with Crippen molar-refractivity contribution in [3.8, 4) is 0 Å². The fourth-order valence-corrected chi connectivity index (χ4v) is 4.90. The number of carbonyl (C=O) groups excluding carboxylic acids is 1. The number of pyridine rings is 1. The lowest BCUT2D eigenvalue weighted by atomic mass is 10.0. The van der Waals surface area contributed by atoms with Gasteiger partial charge in [-0.2, -0.15) is 5.10 Å². The Kier molecular flexibility index (Phi) is 5.99. The van der Waals surface area contributed by atoms with Crippen LogP contribution in [-0.2, 0) is 19.4 Å². The van der Waals surface area contributed by atoms with Crippen LogP contribution < -0.4 is 10.9 Å². The zero-order valence-corrected chi connectivity index (χ0v) is 18.3. The third-order valence-electron chi connectivity index (χ3n) is 6.70. The van der Waals surface area contributed by atoms with Gasteiger partial charge in [0.25, 0.3) is 11.5 Å². The minimum Gasteiger partial charge on any atom is -0.349 e. The van der Waals surface area contributed by atoms with Crippen molar-refractivity contribution in [3.05, 3.63) is 69.8 Å². The van der Waals surface area contributed by atoms with Gasteiger partial charge in [-0.15, -0.1) is 0 Å². The zero-order valence-electron chi connectivity index (χ0n) is 18.3. The molecule has 5 rings (SSSR count). The smallest absolute Gasteiger partial charge is 0.269 e. The molecule has 1 unspecified atom stereocenters. The lowest BCUT2D eigenvalue weighted by Crippen LogP contribution is -2.48. The summed E-state index contributed by atoms with van der Waals surface area (Å²) in [5.74, 6) is -0.141. The van der Waals surface area contributed by atoms with E-state index in [2.05, 4.69) is 20.3 Å². The molecule has 1 amide bonds. The Morgan fingerprint density at radius 1 is 1.06 bits per heavy atom. The number of piperidine rings is 1. The highest BCUT2D eigenvalue weighted by Gasteiger charge is 2.24. The van der Waals surface area contributed by atoms with Crippen molar-refractivity contribution in [2.75, 3.05) is 19.6 Å². The number of hydrogen-bond donors (Lipinski definition) is 1. The van der Waals surface area contributed by atoms with Crippen molar-refractivity contribution in [1.29, 1.82) is 0 Å². The number of fused-ring (bicyclic) bond motifs is 2. The van der Waals surface area contributed by atoms with Gasteiger partial charge >= 0.3 is 0 Å². The molecule has 1 aliphatic carbocycles. The molecule has 2 aliphatic rings. The molecule has 2 aromatic heterocycles. The molecule has 0 saturated carbocycles. The molecule has 1 aromatic carbocycles. The SMILES string of the molecule is O=C(NCC1CCCCN1CCn1nc2c(cc1=O)CCC2)c1ccc2ccccc2n1. The van der Waals surface area contributed by atoms with Crippen LogP contribution in [0.5, 0.6) is 0 Å². The van der Waals surface area contributed by atoms with Crippen LogP contribution in [0.4, 0.5) is 0 Å². The van der Waals surface area contributed by atoms with E-state index in [4.69, 9.17) is 0 Å². The van der Waals surface area contributed by atoms with Gasteiger partial charge in [0, 0.05) is 30.6 Å². The molecular formula is C25H29N5O2. The molecule has 0 spiro atoms. The fourth-order valence-electron chi connectivity index (χ4n) is 4.90. The first-order valence-electron chi connectivity index (χ1n) is 11.7. The lowest BCUT2D eigenvalue weighted by molar-refractivity contribution is 0.0904. The van der Waals surface area contributed by atoms with Crippen molar-refractivity contribution in [2.45, 2.75) is 51.1 Å². The lowest BCUT2D eigenvalue weighted by Gasteiger charge is -2.35. The van der Waals surface area contributed by atoms with Crippen molar-refractivity contribution < 1.29 is 4.79 Å². The largest absolute Gasteiger partial charge is 0.349 e. The highest BCUT2D eigenvalue weighted by molar-refractivity contribution is 5.94. The van der Waals surface area contributed by atoms with E-state index in [1.54, 1.807) is 16.8 Å². The molecule has 1 saturated heterocycles. The Morgan fingerprint density at radius 3 is 2.91 bits per heavy atom. The number of benzene rings is 1. The Hall–Kier alpha value is -3.06. The van der Waals surface area contributed by atoms with E-state index in [0.717, 1.165) is 73.8 Å². The Labute approximate surface area is 187 Å². The van der Waals surface area contributed by atoms with Crippen LogP contribution in [0.3, 0.4) is 0 Å². The molecule has 7 nitrogen and oxygen atoms in total. The van der Waals surface area contributed by atoms with Gasteiger partial charge in [-0.25, -0.2) is 9.67 Å². The molecule has 3 aromatic rings. The highest BCUT2D eigenvalue weighted by Crippen LogP contribution is 2.18. The summed E-state index contributed by atoms with van der Waals surface area (Å²) in [5, 5.41) is 8.71. The van der Waals surface area contributed by atoms with Crippen LogP contribution in [0.2, 0.25) is 0 Å². The van der Waals surface area contributed by atoms with E-state index in [1.165, 1.54) is 0 Å². The van der Waals surface area contributed by atoms with Gasteiger partial charge in [0.1, 0.15) is 5.69 Å². The second-order valence-corrected chi connectivity index (χ2v) is 8.82. The first-order chi connectivity index (χ1) is 15.7. The summed E-state index contributed by atoms with van der Waals surface area (Å²) in [6.07, 6.45) is 6.37. The summed E-state index contributed by atoms with van der Waals surface area (Å²) in [6, 6.07) is 13.5. The Balaban J connectivity index is 1.21. The van der Waals surface area contributed by atoms with Gasteiger partial charge < -0.3 is 5.32 Å². The standard InChI is InChI=1S/C25H29N5O2/c31-24-16-19-7-5-10-22(19)28-30(24)15-14-29-13-4-3-8-20(29)17-26-25(32)23-12-11-18-6-1-2-9-21(18)27-23/h1-2,6,9,11-12,16,20H,3-5,7-8,10,13-15,17H2,(H,26,32). The molecule has 1 fully saturated rings. The number of amides is 1. The van der Waals surface area contributed by atoms with Crippen LogP contribution in [-0.4, -0.2) is 51.2 Å². The van der Waals surface area contributed by atoms with Gasteiger partial charge in [-0.3, -0.25) is 14.5 Å². The first-order valence-corrected chi connectivity index (χ1v) is 11.7. The topological polar surface area (TPSA) is 80.1 Å². The number of aromatic nitrogens is 3. The van der Waals surface area contributed by atoms with E-state index in [9.17, 15) is 9.59 Å². The van der Waals surface area contributed by atoms with Crippen LogP contribution in [0, 0.1) is 0 Å². The fraction of sp³-hybridized carbons (Fsp3) is 0.440. The maximum atomic E-state index is 12.7. The molecule has 0 radical (unpaired) electrons. The third kappa shape index (κ3) is 4.43. The van der Waals surface area contributed by atoms with E-state index < -0.39 is 0 Å². The molecule has 1 N–H and O–H groups in total. The van der Waals surface area contributed by atoms with E-state index >= 15 is 0 Å². The quantitative estimate of drug-likeness (QED) is 0.649. The minimum atomic E-state index is -0.141. The monoisotopic (exact) mass is 431 g/mol. The molecule has 0 bridgehead atoms.